The number of hydrogen-bond donors (Lipinski definition) is 0. The fraction of sp³-hybridized carbons (Fsp3) is 0.350. The second-order valence-electron chi connectivity index (χ2n) is 7.00. The van der Waals surface area contributed by atoms with Crippen molar-refractivity contribution < 1.29 is 8.42 Å². The van der Waals surface area contributed by atoms with Crippen LogP contribution in [0.5, 0.6) is 0 Å². The van der Waals surface area contributed by atoms with Gasteiger partial charge in [0.2, 0.25) is 0 Å². The van der Waals surface area contributed by atoms with Crippen LogP contribution in [0.25, 0.3) is 11.3 Å². The summed E-state index contributed by atoms with van der Waals surface area (Å²) in [5.74, 6) is 0.543. The maximum atomic E-state index is 11.9. The largest absolute Gasteiger partial charge is 0.344 e. The quantitative estimate of drug-likeness (QED) is 0.676. The maximum Gasteiger partial charge on any atom is 0.152 e. The van der Waals surface area contributed by atoms with E-state index in [0.29, 0.717) is 12.2 Å². The smallest absolute Gasteiger partial charge is 0.152 e. The van der Waals surface area contributed by atoms with Crippen molar-refractivity contribution in [2.45, 2.75) is 32.7 Å². The molecule has 4 nitrogen and oxygen atoms in total. The summed E-state index contributed by atoms with van der Waals surface area (Å²) in [4.78, 5) is 4.83. The molecule has 1 aliphatic rings. The van der Waals surface area contributed by atoms with Crippen molar-refractivity contribution in [2.24, 2.45) is 0 Å². The van der Waals surface area contributed by atoms with Crippen LogP contribution >= 0.6 is 11.3 Å². The van der Waals surface area contributed by atoms with Crippen LogP contribution in [0, 0.1) is 13.8 Å². The van der Waals surface area contributed by atoms with Gasteiger partial charge in [0.05, 0.1) is 22.2 Å². The van der Waals surface area contributed by atoms with Gasteiger partial charge in [0.15, 0.2) is 9.84 Å². The predicted octanol–water partition coefficient (Wildman–Crippen LogP) is 4.18. The summed E-state index contributed by atoms with van der Waals surface area (Å²) in [6.45, 7) is 4.13. The Hall–Kier alpha value is -1.92. The van der Waals surface area contributed by atoms with Gasteiger partial charge in [0.25, 0.3) is 0 Å². The second kappa shape index (κ2) is 6.67. The number of sulfone groups is 1. The van der Waals surface area contributed by atoms with Crippen molar-refractivity contribution in [3.8, 4) is 11.3 Å². The van der Waals surface area contributed by atoms with E-state index in [1.54, 1.807) is 11.3 Å². The van der Waals surface area contributed by atoms with Crippen LogP contribution in [-0.2, 0) is 16.3 Å². The zero-order valence-electron chi connectivity index (χ0n) is 15.0. The fourth-order valence-corrected chi connectivity index (χ4v) is 6.39. The van der Waals surface area contributed by atoms with E-state index in [4.69, 9.17) is 4.98 Å². The van der Waals surface area contributed by atoms with Crippen LogP contribution < -0.4 is 0 Å². The van der Waals surface area contributed by atoms with E-state index in [-0.39, 0.29) is 11.8 Å². The highest BCUT2D eigenvalue weighted by molar-refractivity contribution is 7.91. The minimum atomic E-state index is -2.90. The summed E-state index contributed by atoms with van der Waals surface area (Å²) in [5.41, 5.74) is 5.58. The van der Waals surface area contributed by atoms with Crippen molar-refractivity contribution in [1.82, 2.24) is 9.55 Å². The van der Waals surface area contributed by atoms with Gasteiger partial charge in [-0.15, -0.1) is 11.3 Å². The molecule has 1 saturated heterocycles. The molecule has 3 heterocycles. The molecule has 0 radical (unpaired) electrons. The summed E-state index contributed by atoms with van der Waals surface area (Å²) in [6, 6.07) is 12.5. The van der Waals surface area contributed by atoms with Gasteiger partial charge in [0.1, 0.15) is 0 Å². The van der Waals surface area contributed by atoms with E-state index in [9.17, 15) is 8.42 Å². The lowest BCUT2D eigenvalue weighted by molar-refractivity contribution is 0.536. The predicted molar refractivity (Wildman–Crippen MR) is 107 cm³/mol. The van der Waals surface area contributed by atoms with Crippen LogP contribution in [0.2, 0.25) is 0 Å². The molecule has 4 rings (SSSR count). The molecule has 1 atom stereocenters. The minimum absolute atomic E-state index is 0.0520. The molecule has 0 spiro atoms. The Balaban J connectivity index is 1.62. The molecule has 1 aliphatic heterocycles. The van der Waals surface area contributed by atoms with Gasteiger partial charge in [-0.1, -0.05) is 30.3 Å². The second-order valence-corrected chi connectivity index (χ2v) is 10.2. The molecule has 3 aromatic rings. The van der Waals surface area contributed by atoms with Gasteiger partial charge in [-0.3, -0.25) is 0 Å². The summed E-state index contributed by atoms with van der Waals surface area (Å²) in [7, 11) is -2.90. The minimum Gasteiger partial charge on any atom is -0.344 e. The fourth-order valence-electron chi connectivity index (χ4n) is 3.86. The molecule has 26 heavy (non-hydrogen) atoms. The first-order valence-electron chi connectivity index (χ1n) is 8.80. The summed E-state index contributed by atoms with van der Waals surface area (Å²) in [6.07, 6.45) is 1.54. The highest BCUT2D eigenvalue weighted by atomic mass is 32.2. The van der Waals surface area contributed by atoms with Crippen LogP contribution in [0.3, 0.4) is 0 Å². The molecule has 136 valence electrons. The molecule has 0 N–H and O–H groups in total. The molecule has 0 saturated carbocycles. The van der Waals surface area contributed by atoms with Gasteiger partial charge >= 0.3 is 0 Å². The van der Waals surface area contributed by atoms with Crippen molar-refractivity contribution >= 4 is 21.2 Å². The third-order valence-electron chi connectivity index (χ3n) is 5.08. The normalized spacial score (nSPS) is 19.1. The number of thiazole rings is 1. The van der Waals surface area contributed by atoms with E-state index >= 15 is 0 Å². The van der Waals surface area contributed by atoms with Gasteiger partial charge in [-0.05, 0) is 31.9 Å². The molecular weight excluding hydrogens is 364 g/mol. The first kappa shape index (κ1) is 17.5. The first-order valence-corrected chi connectivity index (χ1v) is 11.5. The Morgan fingerprint density at radius 3 is 2.69 bits per heavy atom. The molecule has 1 fully saturated rings. The van der Waals surface area contributed by atoms with Crippen molar-refractivity contribution in [3.05, 3.63) is 63.7 Å². The average molecular weight is 387 g/mol. The number of benzene rings is 1. The number of nitrogens with zero attached hydrogens (tertiary/aromatic N) is 2. The van der Waals surface area contributed by atoms with E-state index < -0.39 is 9.84 Å². The number of aryl methyl sites for hydroxylation is 1. The lowest BCUT2D eigenvalue weighted by Crippen LogP contribution is -2.13. The standard InChI is InChI=1S/C20H22N2O2S2/c1-14-10-18(15(2)22(14)17-8-9-26(23,24)13-17)19-12-25-20(21-19)11-16-6-4-3-5-7-16/h3-7,10,12,17H,8-9,11,13H2,1-2H3/t17-/m1/s1. The van der Waals surface area contributed by atoms with E-state index in [2.05, 4.69) is 42.0 Å². The Morgan fingerprint density at radius 2 is 2.00 bits per heavy atom. The molecule has 6 heteroatoms. The van der Waals surface area contributed by atoms with Gasteiger partial charge in [-0.25, -0.2) is 13.4 Å². The molecule has 0 unspecified atom stereocenters. The van der Waals surface area contributed by atoms with Crippen molar-refractivity contribution in [3.63, 3.8) is 0 Å². The van der Waals surface area contributed by atoms with E-state index in [1.807, 2.05) is 18.2 Å². The zero-order valence-corrected chi connectivity index (χ0v) is 16.6. The van der Waals surface area contributed by atoms with Crippen LogP contribution in [0.1, 0.15) is 34.4 Å². The van der Waals surface area contributed by atoms with Gasteiger partial charge in [0, 0.05) is 34.8 Å². The third-order valence-corrected chi connectivity index (χ3v) is 7.68. The van der Waals surface area contributed by atoms with E-state index in [1.165, 1.54) is 5.56 Å². The SMILES string of the molecule is Cc1cc(-c2csc(Cc3ccccc3)n2)c(C)n1[C@@H]1CCS(=O)(=O)C1. The molecular formula is C20H22N2O2S2. The summed E-state index contributed by atoms with van der Waals surface area (Å²) < 4.78 is 25.9. The molecule has 2 aromatic heterocycles. The average Bonchev–Trinajstić information content (AvgIpc) is 3.27. The van der Waals surface area contributed by atoms with Crippen LogP contribution in [0.15, 0.2) is 41.8 Å². The lowest BCUT2D eigenvalue weighted by Gasteiger charge is -2.16. The maximum absolute atomic E-state index is 11.9. The van der Waals surface area contributed by atoms with Gasteiger partial charge in [-0.2, -0.15) is 0 Å². The van der Waals surface area contributed by atoms with Crippen LogP contribution in [0.4, 0.5) is 0 Å². The Morgan fingerprint density at radius 1 is 1.23 bits per heavy atom. The topological polar surface area (TPSA) is 52.0 Å². The van der Waals surface area contributed by atoms with Crippen molar-refractivity contribution in [1.29, 1.82) is 0 Å². The molecule has 1 aromatic carbocycles. The number of rotatable bonds is 4. The Kier molecular flexibility index (Phi) is 4.49. The zero-order chi connectivity index (χ0) is 18.3. The summed E-state index contributed by atoms with van der Waals surface area (Å²) in [5, 5.41) is 3.20. The van der Waals surface area contributed by atoms with Crippen LogP contribution in [-0.4, -0.2) is 29.5 Å². The lowest BCUT2D eigenvalue weighted by atomic mass is 10.1. The number of aromatic nitrogens is 2. The highest BCUT2D eigenvalue weighted by Gasteiger charge is 2.31. The van der Waals surface area contributed by atoms with E-state index in [0.717, 1.165) is 34.1 Å². The Bertz CT molecular complexity index is 1030. The Labute approximate surface area is 158 Å². The molecule has 0 aliphatic carbocycles. The number of hydrogen-bond acceptors (Lipinski definition) is 4. The first-order chi connectivity index (χ1) is 12.4. The highest BCUT2D eigenvalue weighted by Crippen LogP contribution is 2.34. The monoisotopic (exact) mass is 386 g/mol. The van der Waals surface area contributed by atoms with Gasteiger partial charge < -0.3 is 4.57 Å². The molecule has 0 bridgehead atoms. The third kappa shape index (κ3) is 3.35. The molecule has 0 amide bonds. The van der Waals surface area contributed by atoms with Crippen molar-refractivity contribution in [2.75, 3.05) is 11.5 Å². The summed E-state index contributed by atoms with van der Waals surface area (Å²) >= 11 is 1.68.